The summed E-state index contributed by atoms with van der Waals surface area (Å²) in [6.45, 7) is 8.67. The molecule has 0 saturated carbocycles. The Labute approximate surface area is 62.9 Å². The van der Waals surface area contributed by atoms with Crippen LogP contribution in [-0.4, -0.2) is 5.88 Å². The van der Waals surface area contributed by atoms with Crippen molar-refractivity contribution in [2.75, 3.05) is 5.88 Å². The molecule has 0 heterocycles. The molecule has 0 fully saturated rings. The van der Waals surface area contributed by atoms with Gasteiger partial charge in [-0.2, -0.15) is 0 Å². The molecular formula is C8H15Cl. The molecule has 0 bridgehead atoms. The van der Waals surface area contributed by atoms with Crippen molar-refractivity contribution >= 4 is 11.6 Å². The first-order chi connectivity index (χ1) is 3.98. The standard InChI is InChI=1S/C8H15Cl/c1-7(5-6-9)8(2,3)4/h5H,6H2,1-4H3. The maximum atomic E-state index is 5.53. The van der Waals surface area contributed by atoms with E-state index in [1.807, 2.05) is 0 Å². The first kappa shape index (κ1) is 9.03. The van der Waals surface area contributed by atoms with Crippen LogP contribution in [0.1, 0.15) is 27.7 Å². The minimum atomic E-state index is 0.287. The Morgan fingerprint density at radius 2 is 1.89 bits per heavy atom. The van der Waals surface area contributed by atoms with Crippen LogP contribution in [0.3, 0.4) is 0 Å². The minimum absolute atomic E-state index is 0.287. The first-order valence-corrected chi connectivity index (χ1v) is 3.75. The molecule has 0 aliphatic heterocycles. The first-order valence-electron chi connectivity index (χ1n) is 3.21. The van der Waals surface area contributed by atoms with Crippen LogP contribution in [0.25, 0.3) is 0 Å². The molecule has 9 heavy (non-hydrogen) atoms. The molecule has 0 aliphatic rings. The maximum Gasteiger partial charge on any atom is 0.0406 e. The summed E-state index contributed by atoms with van der Waals surface area (Å²) in [5.74, 6) is 0.628. The third kappa shape index (κ3) is 3.58. The zero-order valence-corrected chi connectivity index (χ0v) is 7.42. The zero-order valence-electron chi connectivity index (χ0n) is 6.66. The van der Waals surface area contributed by atoms with Crippen LogP contribution in [0.4, 0.5) is 0 Å². The van der Waals surface area contributed by atoms with Gasteiger partial charge in [-0.25, -0.2) is 0 Å². The Morgan fingerprint density at radius 3 is 2.00 bits per heavy atom. The molecule has 0 aromatic rings. The zero-order chi connectivity index (χ0) is 7.49. The molecule has 0 atom stereocenters. The van der Waals surface area contributed by atoms with E-state index in [9.17, 15) is 0 Å². The van der Waals surface area contributed by atoms with Crippen LogP contribution in [0.15, 0.2) is 11.6 Å². The highest BCUT2D eigenvalue weighted by Crippen LogP contribution is 2.23. The second kappa shape index (κ2) is 3.26. The highest BCUT2D eigenvalue weighted by atomic mass is 35.5. The van der Waals surface area contributed by atoms with E-state index in [0.717, 1.165) is 0 Å². The number of allylic oxidation sites excluding steroid dienone is 2. The van der Waals surface area contributed by atoms with E-state index in [0.29, 0.717) is 5.88 Å². The third-order valence-electron chi connectivity index (χ3n) is 1.57. The molecule has 0 aliphatic carbocycles. The molecule has 54 valence electrons. The second-order valence-corrected chi connectivity index (χ2v) is 3.60. The molecule has 0 aromatic heterocycles. The maximum absolute atomic E-state index is 5.53. The van der Waals surface area contributed by atoms with E-state index >= 15 is 0 Å². The summed E-state index contributed by atoms with van der Waals surface area (Å²) in [7, 11) is 0. The summed E-state index contributed by atoms with van der Waals surface area (Å²) in [5, 5.41) is 0. The SMILES string of the molecule is CC(=CCCl)C(C)(C)C. The van der Waals surface area contributed by atoms with Crippen LogP contribution >= 0.6 is 11.6 Å². The lowest BCUT2D eigenvalue weighted by atomic mass is 9.88. The van der Waals surface area contributed by atoms with Gasteiger partial charge >= 0.3 is 0 Å². The van der Waals surface area contributed by atoms with E-state index < -0.39 is 0 Å². The van der Waals surface area contributed by atoms with Gasteiger partial charge in [0.15, 0.2) is 0 Å². The van der Waals surface area contributed by atoms with Crippen LogP contribution in [0.5, 0.6) is 0 Å². The van der Waals surface area contributed by atoms with Crippen molar-refractivity contribution in [2.24, 2.45) is 5.41 Å². The van der Waals surface area contributed by atoms with Crippen molar-refractivity contribution in [1.82, 2.24) is 0 Å². The highest BCUT2D eigenvalue weighted by molar-refractivity contribution is 6.18. The van der Waals surface area contributed by atoms with Crippen molar-refractivity contribution in [3.63, 3.8) is 0 Å². The van der Waals surface area contributed by atoms with Crippen molar-refractivity contribution in [1.29, 1.82) is 0 Å². The van der Waals surface area contributed by atoms with Gasteiger partial charge in [0.2, 0.25) is 0 Å². The molecule has 1 heteroatoms. The normalized spacial score (nSPS) is 14.1. The molecule has 0 radical (unpaired) electrons. The highest BCUT2D eigenvalue weighted by Gasteiger charge is 2.10. The predicted molar refractivity (Wildman–Crippen MR) is 43.9 cm³/mol. The third-order valence-corrected chi connectivity index (χ3v) is 1.72. The Morgan fingerprint density at radius 1 is 1.44 bits per heavy atom. The van der Waals surface area contributed by atoms with Gasteiger partial charge in [0.05, 0.1) is 0 Å². The van der Waals surface area contributed by atoms with Gasteiger partial charge in [-0.15, -0.1) is 11.6 Å². The van der Waals surface area contributed by atoms with Crippen LogP contribution < -0.4 is 0 Å². The van der Waals surface area contributed by atoms with Gasteiger partial charge in [-0.05, 0) is 12.3 Å². The Kier molecular flexibility index (Phi) is 3.27. The van der Waals surface area contributed by atoms with Crippen molar-refractivity contribution in [3.8, 4) is 0 Å². The van der Waals surface area contributed by atoms with Crippen molar-refractivity contribution < 1.29 is 0 Å². The van der Waals surface area contributed by atoms with E-state index in [1.54, 1.807) is 0 Å². The summed E-state index contributed by atoms with van der Waals surface area (Å²) in [5.41, 5.74) is 1.65. The molecule has 0 rings (SSSR count). The van der Waals surface area contributed by atoms with E-state index in [-0.39, 0.29) is 5.41 Å². The molecule has 0 nitrogen and oxygen atoms in total. The summed E-state index contributed by atoms with van der Waals surface area (Å²) < 4.78 is 0. The molecule has 0 saturated heterocycles. The topological polar surface area (TPSA) is 0 Å². The number of halogens is 1. The minimum Gasteiger partial charge on any atom is -0.122 e. The van der Waals surface area contributed by atoms with Crippen LogP contribution in [-0.2, 0) is 0 Å². The quantitative estimate of drug-likeness (QED) is 0.394. The number of hydrogen-bond donors (Lipinski definition) is 0. The fourth-order valence-corrected chi connectivity index (χ4v) is 0.653. The lowest BCUT2D eigenvalue weighted by Crippen LogP contribution is -2.06. The van der Waals surface area contributed by atoms with Gasteiger partial charge < -0.3 is 0 Å². The average molecular weight is 147 g/mol. The largest absolute Gasteiger partial charge is 0.122 e. The van der Waals surface area contributed by atoms with E-state index in [1.165, 1.54) is 5.57 Å². The van der Waals surface area contributed by atoms with Crippen LogP contribution in [0, 0.1) is 5.41 Å². The fraction of sp³-hybridized carbons (Fsp3) is 0.750. The Bertz CT molecular complexity index is 106. The predicted octanol–water partition coefficient (Wildman–Crippen LogP) is 3.22. The molecular weight excluding hydrogens is 132 g/mol. The van der Waals surface area contributed by atoms with Gasteiger partial charge in [-0.1, -0.05) is 32.4 Å². The van der Waals surface area contributed by atoms with Crippen molar-refractivity contribution in [3.05, 3.63) is 11.6 Å². The Hall–Kier alpha value is 0.0300. The van der Waals surface area contributed by atoms with Gasteiger partial charge in [0.25, 0.3) is 0 Å². The smallest absolute Gasteiger partial charge is 0.0406 e. The lowest BCUT2D eigenvalue weighted by molar-refractivity contribution is 0.503. The van der Waals surface area contributed by atoms with Gasteiger partial charge in [-0.3, -0.25) is 0 Å². The molecule has 0 spiro atoms. The summed E-state index contributed by atoms with van der Waals surface area (Å²) in [6, 6.07) is 0. The molecule has 0 unspecified atom stereocenters. The van der Waals surface area contributed by atoms with E-state index in [2.05, 4.69) is 33.8 Å². The lowest BCUT2D eigenvalue weighted by Gasteiger charge is -2.18. The number of alkyl halides is 1. The summed E-state index contributed by atoms with van der Waals surface area (Å²) in [4.78, 5) is 0. The Balaban J connectivity index is 4.03. The molecule has 0 N–H and O–H groups in total. The monoisotopic (exact) mass is 146 g/mol. The second-order valence-electron chi connectivity index (χ2n) is 3.29. The number of hydrogen-bond acceptors (Lipinski definition) is 0. The van der Waals surface area contributed by atoms with Gasteiger partial charge in [0, 0.05) is 5.88 Å². The fourth-order valence-electron chi connectivity index (χ4n) is 0.422. The van der Waals surface area contributed by atoms with Gasteiger partial charge in [0.1, 0.15) is 0 Å². The molecule has 0 aromatic carbocycles. The average Bonchev–Trinajstić information content (AvgIpc) is 1.64. The van der Waals surface area contributed by atoms with Crippen molar-refractivity contribution in [2.45, 2.75) is 27.7 Å². The number of rotatable bonds is 1. The van der Waals surface area contributed by atoms with Crippen LogP contribution in [0.2, 0.25) is 0 Å². The molecule has 0 amide bonds. The summed E-state index contributed by atoms with van der Waals surface area (Å²) in [6.07, 6.45) is 2.06. The van der Waals surface area contributed by atoms with E-state index in [4.69, 9.17) is 11.6 Å². The summed E-state index contributed by atoms with van der Waals surface area (Å²) >= 11 is 5.53.